The molecule has 0 atom stereocenters. The van der Waals surface area contributed by atoms with Gasteiger partial charge in [0.15, 0.2) is 0 Å². The number of nitrogens with two attached hydrogens (primary N) is 1. The minimum Gasteiger partial charge on any atom is -0.493 e. The maximum atomic E-state index is 5.85. The summed E-state index contributed by atoms with van der Waals surface area (Å²) in [7, 11) is 0. The molecule has 1 fully saturated rings. The second-order valence-electron chi connectivity index (χ2n) is 4.80. The zero-order valence-electron chi connectivity index (χ0n) is 10.1. The largest absolute Gasteiger partial charge is 0.493 e. The fourth-order valence-electron chi connectivity index (χ4n) is 2.03. The Morgan fingerprint density at radius 2 is 2.12 bits per heavy atom. The summed E-state index contributed by atoms with van der Waals surface area (Å²) in [6, 6.07) is 6.33. The molecular formula is C14H20BrNO. The molecule has 94 valence electrons. The molecule has 1 saturated carbocycles. The van der Waals surface area contributed by atoms with Crippen LogP contribution in [0.25, 0.3) is 0 Å². The Labute approximate surface area is 112 Å². The first-order valence-corrected chi connectivity index (χ1v) is 7.19. The van der Waals surface area contributed by atoms with Gasteiger partial charge in [0.05, 0.1) is 6.61 Å². The van der Waals surface area contributed by atoms with E-state index >= 15 is 0 Å². The Kier molecular flexibility index (Phi) is 4.86. The molecule has 0 aromatic heterocycles. The molecule has 0 unspecified atom stereocenters. The number of hydrogen-bond donors (Lipinski definition) is 1. The monoisotopic (exact) mass is 297 g/mol. The molecule has 1 aliphatic carbocycles. The van der Waals surface area contributed by atoms with Crippen molar-refractivity contribution in [2.45, 2.75) is 32.1 Å². The quantitative estimate of drug-likeness (QED) is 0.872. The summed E-state index contributed by atoms with van der Waals surface area (Å²) in [5.74, 6) is 1.76. The lowest BCUT2D eigenvalue weighted by molar-refractivity contribution is 0.180. The Balaban J connectivity index is 1.92. The molecule has 1 aliphatic rings. The van der Waals surface area contributed by atoms with Crippen molar-refractivity contribution >= 4 is 15.9 Å². The average molecular weight is 298 g/mol. The molecular weight excluding hydrogens is 278 g/mol. The number of benzene rings is 1. The summed E-state index contributed by atoms with van der Waals surface area (Å²) in [4.78, 5) is 0. The normalized spacial score (nSPS) is 15.6. The van der Waals surface area contributed by atoms with Crippen molar-refractivity contribution in [3.05, 3.63) is 28.2 Å². The first-order valence-electron chi connectivity index (χ1n) is 6.40. The van der Waals surface area contributed by atoms with Gasteiger partial charge in [-0.25, -0.2) is 0 Å². The number of rotatable bonds is 6. The summed E-state index contributed by atoms with van der Waals surface area (Å²) in [5.41, 5.74) is 6.83. The minimum absolute atomic E-state index is 0.741. The van der Waals surface area contributed by atoms with Gasteiger partial charge in [0.25, 0.3) is 0 Å². The Morgan fingerprint density at radius 3 is 2.76 bits per heavy atom. The molecule has 1 aromatic carbocycles. The number of aryl methyl sites for hydroxylation is 1. The van der Waals surface area contributed by atoms with E-state index in [2.05, 4.69) is 28.1 Å². The third-order valence-electron chi connectivity index (χ3n) is 3.31. The van der Waals surface area contributed by atoms with Crippen LogP contribution in [0.5, 0.6) is 5.75 Å². The topological polar surface area (TPSA) is 35.2 Å². The SMILES string of the molecule is NCCCc1cc(Br)cc(OCC2CCC2)c1. The van der Waals surface area contributed by atoms with Crippen molar-refractivity contribution in [2.75, 3.05) is 13.2 Å². The van der Waals surface area contributed by atoms with E-state index in [9.17, 15) is 0 Å². The third-order valence-corrected chi connectivity index (χ3v) is 3.77. The number of hydrogen-bond acceptors (Lipinski definition) is 2. The van der Waals surface area contributed by atoms with Crippen LogP contribution in [-0.4, -0.2) is 13.2 Å². The van der Waals surface area contributed by atoms with Gasteiger partial charge in [0.2, 0.25) is 0 Å². The maximum absolute atomic E-state index is 5.85. The smallest absolute Gasteiger partial charge is 0.120 e. The number of ether oxygens (including phenoxy) is 1. The second-order valence-corrected chi connectivity index (χ2v) is 5.71. The Morgan fingerprint density at radius 1 is 1.29 bits per heavy atom. The summed E-state index contributed by atoms with van der Waals surface area (Å²) in [6.45, 7) is 1.61. The zero-order valence-corrected chi connectivity index (χ0v) is 11.7. The summed E-state index contributed by atoms with van der Waals surface area (Å²) in [6.07, 6.45) is 6.07. The van der Waals surface area contributed by atoms with E-state index in [1.807, 2.05) is 6.07 Å². The van der Waals surface area contributed by atoms with Gasteiger partial charge in [0, 0.05) is 4.47 Å². The van der Waals surface area contributed by atoms with E-state index < -0.39 is 0 Å². The van der Waals surface area contributed by atoms with Gasteiger partial charge >= 0.3 is 0 Å². The van der Waals surface area contributed by atoms with Crippen LogP contribution < -0.4 is 10.5 Å². The van der Waals surface area contributed by atoms with Crippen molar-refractivity contribution in [3.63, 3.8) is 0 Å². The van der Waals surface area contributed by atoms with Crippen LogP contribution in [0, 0.1) is 5.92 Å². The van der Waals surface area contributed by atoms with Crippen LogP contribution in [-0.2, 0) is 6.42 Å². The van der Waals surface area contributed by atoms with Gasteiger partial charge < -0.3 is 10.5 Å². The highest BCUT2D eigenvalue weighted by molar-refractivity contribution is 9.10. The van der Waals surface area contributed by atoms with Crippen LogP contribution in [0.2, 0.25) is 0 Å². The van der Waals surface area contributed by atoms with E-state index in [-0.39, 0.29) is 0 Å². The van der Waals surface area contributed by atoms with E-state index in [1.165, 1.54) is 24.8 Å². The lowest BCUT2D eigenvalue weighted by atomic mass is 9.86. The molecule has 0 saturated heterocycles. The van der Waals surface area contributed by atoms with Crippen LogP contribution in [0.15, 0.2) is 22.7 Å². The molecule has 2 N–H and O–H groups in total. The average Bonchev–Trinajstić information content (AvgIpc) is 2.23. The maximum Gasteiger partial charge on any atom is 0.120 e. The lowest BCUT2D eigenvalue weighted by Crippen LogP contribution is -2.19. The van der Waals surface area contributed by atoms with Crippen LogP contribution in [0.4, 0.5) is 0 Å². The first kappa shape index (κ1) is 12.9. The zero-order chi connectivity index (χ0) is 12.1. The molecule has 0 spiro atoms. The highest BCUT2D eigenvalue weighted by Crippen LogP contribution is 2.28. The highest BCUT2D eigenvalue weighted by Gasteiger charge is 2.17. The highest BCUT2D eigenvalue weighted by atomic mass is 79.9. The molecule has 0 aliphatic heterocycles. The fourth-order valence-corrected chi connectivity index (χ4v) is 2.55. The standard InChI is InChI=1S/C14H20BrNO/c15-13-7-12(5-2-6-16)8-14(9-13)17-10-11-3-1-4-11/h7-9,11H,1-6,10,16H2. The molecule has 2 nitrogen and oxygen atoms in total. The van der Waals surface area contributed by atoms with Crippen molar-refractivity contribution in [1.82, 2.24) is 0 Å². The van der Waals surface area contributed by atoms with Gasteiger partial charge in [0.1, 0.15) is 5.75 Å². The van der Waals surface area contributed by atoms with Crippen molar-refractivity contribution < 1.29 is 4.74 Å². The predicted octanol–water partition coefficient (Wildman–Crippen LogP) is 3.52. The van der Waals surface area contributed by atoms with E-state index in [1.54, 1.807) is 0 Å². The summed E-state index contributed by atoms with van der Waals surface area (Å²) < 4.78 is 6.94. The first-order chi connectivity index (χ1) is 8.28. The summed E-state index contributed by atoms with van der Waals surface area (Å²) >= 11 is 3.53. The minimum atomic E-state index is 0.741. The third kappa shape index (κ3) is 4.00. The van der Waals surface area contributed by atoms with Gasteiger partial charge in [-0.1, -0.05) is 22.4 Å². The lowest BCUT2D eigenvalue weighted by Gasteiger charge is -2.25. The Bertz CT molecular complexity index is 363. The van der Waals surface area contributed by atoms with Crippen LogP contribution in [0.1, 0.15) is 31.2 Å². The molecule has 0 radical (unpaired) electrons. The molecule has 17 heavy (non-hydrogen) atoms. The van der Waals surface area contributed by atoms with Gasteiger partial charge in [-0.05, 0) is 61.9 Å². The summed E-state index contributed by atoms with van der Waals surface area (Å²) in [5, 5.41) is 0. The van der Waals surface area contributed by atoms with Gasteiger partial charge in [-0.15, -0.1) is 0 Å². The Hall–Kier alpha value is -0.540. The van der Waals surface area contributed by atoms with Gasteiger partial charge in [-0.3, -0.25) is 0 Å². The van der Waals surface area contributed by atoms with E-state index in [0.29, 0.717) is 0 Å². The van der Waals surface area contributed by atoms with Crippen LogP contribution in [0.3, 0.4) is 0 Å². The molecule has 0 heterocycles. The second kappa shape index (κ2) is 6.41. The molecule has 0 amide bonds. The molecule has 1 aromatic rings. The number of halogens is 1. The van der Waals surface area contributed by atoms with Gasteiger partial charge in [-0.2, -0.15) is 0 Å². The van der Waals surface area contributed by atoms with Crippen molar-refractivity contribution in [2.24, 2.45) is 11.7 Å². The van der Waals surface area contributed by atoms with E-state index in [4.69, 9.17) is 10.5 Å². The van der Waals surface area contributed by atoms with Crippen molar-refractivity contribution in [3.8, 4) is 5.75 Å². The molecule has 2 rings (SSSR count). The fraction of sp³-hybridized carbons (Fsp3) is 0.571. The van der Waals surface area contributed by atoms with Crippen LogP contribution >= 0.6 is 15.9 Å². The van der Waals surface area contributed by atoms with Crippen molar-refractivity contribution in [1.29, 1.82) is 0 Å². The predicted molar refractivity (Wildman–Crippen MR) is 74.4 cm³/mol. The molecule has 3 heteroatoms. The van der Waals surface area contributed by atoms with E-state index in [0.717, 1.165) is 42.1 Å². The molecule has 0 bridgehead atoms.